The van der Waals surface area contributed by atoms with E-state index in [1.807, 2.05) is 30.5 Å². The van der Waals surface area contributed by atoms with Gasteiger partial charge in [-0.05, 0) is 56.6 Å². The fraction of sp³-hybridized carbons (Fsp3) is 0.409. The highest BCUT2D eigenvalue weighted by molar-refractivity contribution is 6.29. The Hall–Kier alpha value is -2.64. The van der Waals surface area contributed by atoms with E-state index in [0.717, 1.165) is 54.7 Å². The van der Waals surface area contributed by atoms with Crippen LogP contribution < -0.4 is 10.1 Å². The van der Waals surface area contributed by atoms with Crippen molar-refractivity contribution in [3.8, 4) is 16.9 Å². The van der Waals surface area contributed by atoms with Crippen LogP contribution in [0.5, 0.6) is 5.75 Å². The molecule has 1 aliphatic carbocycles. The number of hydrogen-bond donors (Lipinski definition) is 1. The van der Waals surface area contributed by atoms with E-state index in [0.29, 0.717) is 23.5 Å². The highest BCUT2D eigenvalue weighted by atomic mass is 35.5. The molecule has 3 aromatic rings. The van der Waals surface area contributed by atoms with E-state index in [-0.39, 0.29) is 11.8 Å². The van der Waals surface area contributed by atoms with Gasteiger partial charge >= 0.3 is 0 Å². The topological polar surface area (TPSA) is 71.8 Å². The third-order valence-electron chi connectivity index (χ3n) is 5.77. The third kappa shape index (κ3) is 4.13. The average molecular weight is 426 g/mol. The number of aromatic nitrogens is 3. The maximum absolute atomic E-state index is 12.0. The number of ether oxygens (including phenoxy) is 1. The van der Waals surface area contributed by atoms with E-state index in [1.165, 1.54) is 0 Å². The van der Waals surface area contributed by atoms with Crippen LogP contribution in [-0.2, 0) is 4.79 Å². The molecule has 1 saturated heterocycles. The predicted octanol–water partition coefficient (Wildman–Crippen LogP) is 3.73. The van der Waals surface area contributed by atoms with Gasteiger partial charge in [0.25, 0.3) is 0 Å². The van der Waals surface area contributed by atoms with Gasteiger partial charge in [-0.1, -0.05) is 11.6 Å². The molecule has 2 aliphatic rings. The third-order valence-corrected chi connectivity index (χ3v) is 5.98. The zero-order valence-corrected chi connectivity index (χ0v) is 17.6. The molecule has 30 heavy (non-hydrogen) atoms. The zero-order valence-electron chi connectivity index (χ0n) is 16.8. The smallest absolute Gasteiger partial charge is 0.228 e. The summed E-state index contributed by atoms with van der Waals surface area (Å²) in [7, 11) is 2.14. The standard InChI is InChI=1S/C22H24ClN5O2/c1-27-6-4-14(12-27)13-30-19-11-24-20(23)10-18(19)16-5-7-28-17(8-16)9-21(26-28)25-22(29)15-2-3-15/h5,7-11,14-15H,2-4,6,12-13H2,1H3,(H,25,26,29). The van der Waals surface area contributed by atoms with E-state index in [9.17, 15) is 4.79 Å². The van der Waals surface area contributed by atoms with Gasteiger partial charge in [0.1, 0.15) is 10.9 Å². The van der Waals surface area contributed by atoms with Crippen LogP contribution in [-0.4, -0.2) is 52.1 Å². The lowest BCUT2D eigenvalue weighted by Crippen LogP contribution is -2.18. The minimum Gasteiger partial charge on any atom is -0.491 e. The fourth-order valence-electron chi connectivity index (χ4n) is 3.92. The molecule has 1 saturated carbocycles. The number of rotatable bonds is 6. The summed E-state index contributed by atoms with van der Waals surface area (Å²) >= 11 is 6.19. The molecule has 5 rings (SSSR count). The van der Waals surface area contributed by atoms with Crippen LogP contribution in [0.2, 0.25) is 5.15 Å². The van der Waals surface area contributed by atoms with Crippen LogP contribution in [0.4, 0.5) is 5.82 Å². The number of amides is 1. The van der Waals surface area contributed by atoms with Gasteiger partial charge in [0.2, 0.25) is 5.91 Å². The number of nitrogens with zero attached hydrogens (tertiary/aromatic N) is 4. The highest BCUT2D eigenvalue weighted by Gasteiger charge is 2.30. The first-order valence-corrected chi connectivity index (χ1v) is 10.7. The lowest BCUT2D eigenvalue weighted by atomic mass is 10.1. The molecule has 4 heterocycles. The van der Waals surface area contributed by atoms with Gasteiger partial charge in [-0.25, -0.2) is 9.50 Å². The van der Waals surface area contributed by atoms with Crippen molar-refractivity contribution in [2.24, 2.45) is 11.8 Å². The second-order valence-electron chi connectivity index (χ2n) is 8.31. The molecule has 7 nitrogen and oxygen atoms in total. The maximum atomic E-state index is 12.0. The molecule has 2 fully saturated rings. The summed E-state index contributed by atoms with van der Waals surface area (Å²) in [5.41, 5.74) is 2.74. The van der Waals surface area contributed by atoms with Crippen molar-refractivity contribution in [1.29, 1.82) is 0 Å². The number of hydrogen-bond acceptors (Lipinski definition) is 5. The minimum atomic E-state index is 0.0489. The normalized spacial score (nSPS) is 19.3. The Labute approximate surface area is 180 Å². The summed E-state index contributed by atoms with van der Waals surface area (Å²) in [5.74, 6) is 2.00. The predicted molar refractivity (Wildman–Crippen MR) is 116 cm³/mol. The van der Waals surface area contributed by atoms with Crippen LogP contribution >= 0.6 is 11.6 Å². The first-order valence-electron chi connectivity index (χ1n) is 10.3. The Morgan fingerprint density at radius 1 is 1.30 bits per heavy atom. The van der Waals surface area contributed by atoms with Crippen LogP contribution in [0.15, 0.2) is 36.7 Å². The van der Waals surface area contributed by atoms with E-state index in [2.05, 4.69) is 27.3 Å². The number of likely N-dealkylation sites (tertiary alicyclic amines) is 1. The second-order valence-corrected chi connectivity index (χ2v) is 8.70. The second kappa shape index (κ2) is 7.89. The van der Waals surface area contributed by atoms with Crippen molar-refractivity contribution in [3.63, 3.8) is 0 Å². The monoisotopic (exact) mass is 425 g/mol. The molecule has 0 spiro atoms. The molecule has 1 N–H and O–H groups in total. The van der Waals surface area contributed by atoms with Crippen molar-refractivity contribution >= 4 is 28.8 Å². The fourth-order valence-corrected chi connectivity index (χ4v) is 4.08. The molecule has 0 bridgehead atoms. The number of pyridine rings is 2. The van der Waals surface area contributed by atoms with Gasteiger partial charge in [0.05, 0.1) is 18.3 Å². The lowest BCUT2D eigenvalue weighted by molar-refractivity contribution is -0.117. The van der Waals surface area contributed by atoms with Crippen LogP contribution in [0.25, 0.3) is 16.6 Å². The summed E-state index contributed by atoms with van der Waals surface area (Å²) in [5, 5.41) is 7.76. The van der Waals surface area contributed by atoms with Crippen molar-refractivity contribution in [3.05, 3.63) is 41.8 Å². The molecular weight excluding hydrogens is 402 g/mol. The van der Waals surface area contributed by atoms with E-state index >= 15 is 0 Å². The number of fused-ring (bicyclic) bond motifs is 1. The number of anilines is 1. The molecule has 8 heteroatoms. The van der Waals surface area contributed by atoms with Gasteiger partial charge < -0.3 is 15.0 Å². The van der Waals surface area contributed by atoms with Gasteiger partial charge in [-0.15, -0.1) is 0 Å². The first-order chi connectivity index (χ1) is 14.5. The Bertz CT molecular complexity index is 1090. The van der Waals surface area contributed by atoms with Crippen LogP contribution in [0, 0.1) is 11.8 Å². The van der Waals surface area contributed by atoms with Crippen LogP contribution in [0.1, 0.15) is 19.3 Å². The largest absolute Gasteiger partial charge is 0.491 e. The molecule has 156 valence electrons. The molecule has 1 atom stereocenters. The Kier molecular flexibility index (Phi) is 5.08. The summed E-state index contributed by atoms with van der Waals surface area (Å²) < 4.78 is 7.91. The Morgan fingerprint density at radius 3 is 2.93 bits per heavy atom. The summed E-state index contributed by atoms with van der Waals surface area (Å²) in [6.07, 6.45) is 6.64. The molecule has 1 unspecified atom stereocenters. The lowest BCUT2D eigenvalue weighted by Gasteiger charge is -2.15. The van der Waals surface area contributed by atoms with Crippen molar-refractivity contribution < 1.29 is 9.53 Å². The minimum absolute atomic E-state index is 0.0489. The van der Waals surface area contributed by atoms with Crippen molar-refractivity contribution in [2.45, 2.75) is 19.3 Å². The van der Waals surface area contributed by atoms with Gasteiger partial charge in [0.15, 0.2) is 5.82 Å². The number of nitrogens with one attached hydrogen (secondary N) is 1. The molecule has 0 radical (unpaired) electrons. The molecule has 3 aromatic heterocycles. The molecule has 0 aromatic carbocycles. The quantitative estimate of drug-likeness (QED) is 0.609. The number of carbonyl (C=O) groups is 1. The van der Waals surface area contributed by atoms with Gasteiger partial charge in [-0.2, -0.15) is 5.10 Å². The zero-order chi connectivity index (χ0) is 20.7. The summed E-state index contributed by atoms with van der Waals surface area (Å²) in [4.78, 5) is 18.6. The SMILES string of the molecule is CN1CCC(COc2cnc(Cl)cc2-c2ccn3nc(NC(=O)C4CC4)cc3c2)C1. The number of carbonyl (C=O) groups excluding carboxylic acids is 1. The summed E-state index contributed by atoms with van der Waals surface area (Å²) in [6, 6.07) is 7.69. The van der Waals surface area contributed by atoms with Gasteiger partial charge in [-0.3, -0.25) is 4.79 Å². The Balaban J connectivity index is 1.39. The molecule has 1 amide bonds. The molecular formula is C22H24ClN5O2. The van der Waals surface area contributed by atoms with E-state index in [4.69, 9.17) is 16.3 Å². The first kappa shape index (κ1) is 19.3. The maximum Gasteiger partial charge on any atom is 0.228 e. The molecule has 1 aliphatic heterocycles. The van der Waals surface area contributed by atoms with Crippen LogP contribution in [0.3, 0.4) is 0 Å². The highest BCUT2D eigenvalue weighted by Crippen LogP contribution is 2.33. The Morgan fingerprint density at radius 2 is 2.17 bits per heavy atom. The van der Waals surface area contributed by atoms with Gasteiger partial charge in [0, 0.05) is 36.2 Å². The average Bonchev–Trinajstić information content (AvgIpc) is 3.39. The van der Waals surface area contributed by atoms with Crippen molar-refractivity contribution in [1.82, 2.24) is 19.5 Å². The van der Waals surface area contributed by atoms with Crippen molar-refractivity contribution in [2.75, 3.05) is 32.1 Å². The van der Waals surface area contributed by atoms with E-state index < -0.39 is 0 Å². The number of halogens is 1. The summed E-state index contributed by atoms with van der Waals surface area (Å²) in [6.45, 7) is 2.82. The van der Waals surface area contributed by atoms with E-state index in [1.54, 1.807) is 10.7 Å².